The standard InChI is InChI=1S/C19H22Cl2N4O3/c20-15-4-3-14(11-16(15)21)12-24(10-9-23-6-1-2-7-23)18(27)13-25-8-5-17(26)22-19(25)28/h3-5,8,11H,1-2,6-7,9-10,12-13H2,(H,22,26,28). The summed E-state index contributed by atoms with van der Waals surface area (Å²) in [7, 11) is 0. The fourth-order valence-corrected chi connectivity index (χ4v) is 3.55. The molecule has 28 heavy (non-hydrogen) atoms. The fourth-order valence-electron chi connectivity index (χ4n) is 3.23. The summed E-state index contributed by atoms with van der Waals surface area (Å²) in [6, 6.07) is 6.50. The molecule has 0 unspecified atom stereocenters. The zero-order chi connectivity index (χ0) is 20.1. The second-order valence-electron chi connectivity index (χ2n) is 6.85. The van der Waals surface area contributed by atoms with Crippen molar-refractivity contribution in [1.29, 1.82) is 0 Å². The van der Waals surface area contributed by atoms with E-state index in [9.17, 15) is 14.4 Å². The number of carbonyl (C=O) groups is 1. The van der Waals surface area contributed by atoms with E-state index in [1.807, 2.05) is 6.07 Å². The highest BCUT2D eigenvalue weighted by Gasteiger charge is 2.19. The molecule has 0 bridgehead atoms. The second-order valence-corrected chi connectivity index (χ2v) is 7.66. The molecule has 1 aromatic carbocycles. The number of rotatable bonds is 7. The Kier molecular flexibility index (Phi) is 6.93. The van der Waals surface area contributed by atoms with Crippen LogP contribution in [0.4, 0.5) is 0 Å². The van der Waals surface area contributed by atoms with E-state index in [0.717, 1.165) is 25.2 Å². The summed E-state index contributed by atoms with van der Waals surface area (Å²) < 4.78 is 1.20. The summed E-state index contributed by atoms with van der Waals surface area (Å²) in [5.74, 6) is -0.209. The van der Waals surface area contributed by atoms with Crippen LogP contribution in [0.2, 0.25) is 10.0 Å². The molecule has 0 aliphatic carbocycles. The Bertz CT molecular complexity index is 951. The number of likely N-dealkylation sites (tertiary alicyclic amines) is 1. The van der Waals surface area contributed by atoms with Gasteiger partial charge in [-0.25, -0.2) is 4.79 Å². The van der Waals surface area contributed by atoms with Crippen LogP contribution < -0.4 is 11.2 Å². The number of aromatic amines is 1. The molecular weight excluding hydrogens is 403 g/mol. The Hall–Kier alpha value is -2.09. The largest absolute Gasteiger partial charge is 0.336 e. The van der Waals surface area contributed by atoms with E-state index in [0.29, 0.717) is 23.1 Å². The molecule has 7 nitrogen and oxygen atoms in total. The van der Waals surface area contributed by atoms with Gasteiger partial charge in [0, 0.05) is 31.9 Å². The lowest BCUT2D eigenvalue weighted by molar-refractivity contribution is -0.132. The Labute approximate surface area is 172 Å². The zero-order valence-electron chi connectivity index (χ0n) is 15.4. The number of H-pyrrole nitrogens is 1. The number of halogens is 2. The maximum absolute atomic E-state index is 12.9. The number of aromatic nitrogens is 2. The Morgan fingerprint density at radius 3 is 2.54 bits per heavy atom. The monoisotopic (exact) mass is 424 g/mol. The molecule has 0 spiro atoms. The molecule has 1 saturated heterocycles. The van der Waals surface area contributed by atoms with Gasteiger partial charge >= 0.3 is 5.69 Å². The molecular formula is C19H22Cl2N4O3. The van der Waals surface area contributed by atoms with Gasteiger partial charge in [-0.1, -0.05) is 29.3 Å². The summed E-state index contributed by atoms with van der Waals surface area (Å²) in [5.41, 5.74) is -0.233. The summed E-state index contributed by atoms with van der Waals surface area (Å²) in [6.45, 7) is 3.60. The second kappa shape index (κ2) is 9.41. The van der Waals surface area contributed by atoms with Crippen LogP contribution >= 0.6 is 23.2 Å². The predicted octanol–water partition coefficient (Wildman–Crippen LogP) is 1.97. The normalized spacial score (nSPS) is 14.4. The van der Waals surface area contributed by atoms with Crippen LogP contribution in [0.1, 0.15) is 18.4 Å². The molecule has 1 aromatic heterocycles. The smallest absolute Gasteiger partial charge is 0.328 e. The lowest BCUT2D eigenvalue weighted by Crippen LogP contribution is -2.41. The molecule has 1 amide bonds. The predicted molar refractivity (Wildman–Crippen MR) is 109 cm³/mol. The van der Waals surface area contributed by atoms with Gasteiger partial charge in [0.1, 0.15) is 6.54 Å². The first-order valence-corrected chi connectivity index (χ1v) is 9.92. The van der Waals surface area contributed by atoms with Crippen LogP contribution in [0.25, 0.3) is 0 Å². The SMILES string of the molecule is O=C(Cn1ccc(=O)[nH]c1=O)N(CCN1CCCC1)Cc1ccc(Cl)c(Cl)c1. The number of amides is 1. The molecule has 0 atom stereocenters. The quantitative estimate of drug-likeness (QED) is 0.736. The first kappa shape index (κ1) is 20.6. The Morgan fingerprint density at radius 2 is 1.86 bits per heavy atom. The van der Waals surface area contributed by atoms with Crippen molar-refractivity contribution in [2.75, 3.05) is 26.2 Å². The van der Waals surface area contributed by atoms with E-state index in [4.69, 9.17) is 23.2 Å². The summed E-state index contributed by atoms with van der Waals surface area (Å²) in [5, 5.41) is 0.892. The third-order valence-corrected chi connectivity index (χ3v) is 5.54. The Morgan fingerprint density at radius 1 is 1.11 bits per heavy atom. The van der Waals surface area contributed by atoms with Gasteiger partial charge in [-0.3, -0.25) is 19.1 Å². The van der Waals surface area contributed by atoms with Gasteiger partial charge in [-0.2, -0.15) is 0 Å². The van der Waals surface area contributed by atoms with Gasteiger partial charge in [-0.05, 0) is 43.6 Å². The maximum atomic E-state index is 12.9. The summed E-state index contributed by atoms with van der Waals surface area (Å²) in [4.78, 5) is 42.2. The first-order valence-electron chi connectivity index (χ1n) is 9.16. The zero-order valence-corrected chi connectivity index (χ0v) is 16.9. The molecule has 1 aliphatic heterocycles. The van der Waals surface area contributed by atoms with Crippen LogP contribution in [0.15, 0.2) is 40.1 Å². The number of hydrogen-bond donors (Lipinski definition) is 1. The first-order chi connectivity index (χ1) is 13.4. The van der Waals surface area contributed by atoms with Crippen LogP contribution in [0.3, 0.4) is 0 Å². The molecule has 2 aromatic rings. The van der Waals surface area contributed by atoms with Gasteiger partial charge < -0.3 is 9.80 Å². The van der Waals surface area contributed by atoms with Gasteiger partial charge in [-0.15, -0.1) is 0 Å². The maximum Gasteiger partial charge on any atom is 0.328 e. The summed E-state index contributed by atoms with van der Waals surface area (Å²) in [6.07, 6.45) is 3.68. The van der Waals surface area contributed by atoms with Gasteiger partial charge in [0.05, 0.1) is 10.0 Å². The summed E-state index contributed by atoms with van der Waals surface area (Å²) >= 11 is 12.1. The molecule has 1 aliphatic rings. The highest BCUT2D eigenvalue weighted by Crippen LogP contribution is 2.23. The van der Waals surface area contributed by atoms with Crippen molar-refractivity contribution in [3.05, 3.63) is 66.9 Å². The lowest BCUT2D eigenvalue weighted by Gasteiger charge is -2.26. The van der Waals surface area contributed by atoms with Crippen molar-refractivity contribution >= 4 is 29.1 Å². The van der Waals surface area contributed by atoms with Crippen LogP contribution in [-0.4, -0.2) is 51.4 Å². The number of nitrogens with one attached hydrogen (secondary N) is 1. The number of carbonyl (C=O) groups excluding carboxylic acids is 1. The van der Waals surface area contributed by atoms with Crippen molar-refractivity contribution in [2.24, 2.45) is 0 Å². The van der Waals surface area contributed by atoms with E-state index < -0.39 is 11.2 Å². The Balaban J connectivity index is 1.74. The third kappa shape index (κ3) is 5.47. The van der Waals surface area contributed by atoms with Gasteiger partial charge in [0.25, 0.3) is 5.56 Å². The molecule has 3 rings (SSSR count). The van der Waals surface area contributed by atoms with Crippen molar-refractivity contribution in [3.63, 3.8) is 0 Å². The van der Waals surface area contributed by atoms with Crippen LogP contribution in [-0.2, 0) is 17.9 Å². The van der Waals surface area contributed by atoms with E-state index in [2.05, 4.69) is 9.88 Å². The fraction of sp³-hybridized carbons (Fsp3) is 0.421. The van der Waals surface area contributed by atoms with Gasteiger partial charge in [0.2, 0.25) is 5.91 Å². The minimum atomic E-state index is -0.602. The highest BCUT2D eigenvalue weighted by atomic mass is 35.5. The molecule has 9 heteroatoms. The average Bonchev–Trinajstić information content (AvgIpc) is 3.17. The minimum Gasteiger partial charge on any atom is -0.336 e. The van der Waals surface area contributed by atoms with Crippen LogP contribution in [0, 0.1) is 0 Å². The van der Waals surface area contributed by atoms with E-state index >= 15 is 0 Å². The highest BCUT2D eigenvalue weighted by molar-refractivity contribution is 6.42. The van der Waals surface area contributed by atoms with E-state index in [1.54, 1.807) is 17.0 Å². The van der Waals surface area contributed by atoms with Crippen molar-refractivity contribution in [1.82, 2.24) is 19.4 Å². The number of benzene rings is 1. The van der Waals surface area contributed by atoms with Gasteiger partial charge in [0.15, 0.2) is 0 Å². The molecule has 0 saturated carbocycles. The van der Waals surface area contributed by atoms with Crippen LogP contribution in [0.5, 0.6) is 0 Å². The van der Waals surface area contributed by atoms with Crippen molar-refractivity contribution in [2.45, 2.75) is 25.9 Å². The third-order valence-electron chi connectivity index (χ3n) is 4.80. The van der Waals surface area contributed by atoms with Crippen molar-refractivity contribution in [3.8, 4) is 0 Å². The average molecular weight is 425 g/mol. The molecule has 1 fully saturated rings. The molecule has 2 heterocycles. The lowest BCUT2D eigenvalue weighted by atomic mass is 10.2. The minimum absolute atomic E-state index is 0.142. The number of hydrogen-bond acceptors (Lipinski definition) is 4. The van der Waals surface area contributed by atoms with E-state index in [1.165, 1.54) is 29.7 Å². The molecule has 1 N–H and O–H groups in total. The van der Waals surface area contributed by atoms with Crippen molar-refractivity contribution < 1.29 is 4.79 Å². The molecule has 150 valence electrons. The van der Waals surface area contributed by atoms with E-state index in [-0.39, 0.29) is 12.5 Å². The molecule has 0 radical (unpaired) electrons. The number of nitrogens with zero attached hydrogens (tertiary/aromatic N) is 3. The topological polar surface area (TPSA) is 78.4 Å².